The molecule has 0 aliphatic carbocycles. The van der Waals surface area contributed by atoms with Crippen molar-refractivity contribution in [2.45, 2.75) is 32.1 Å². The highest BCUT2D eigenvalue weighted by Crippen LogP contribution is 2.15. The van der Waals surface area contributed by atoms with Crippen LogP contribution in [0, 0.1) is 0 Å². The molecule has 0 aromatic heterocycles. The molecule has 2 nitrogen and oxygen atoms in total. The second kappa shape index (κ2) is 7.37. The van der Waals surface area contributed by atoms with Crippen LogP contribution in [0.2, 0.25) is 0 Å². The molecule has 1 N–H and O–H groups in total. The summed E-state index contributed by atoms with van der Waals surface area (Å²) in [4.78, 5) is 0.477. The van der Waals surface area contributed by atoms with Gasteiger partial charge in [0.25, 0.3) is 0 Å². The third-order valence-corrected chi connectivity index (χ3v) is 2.43. The van der Waals surface area contributed by atoms with Crippen LogP contribution in [0.5, 0.6) is 0 Å². The first-order valence-corrected chi connectivity index (χ1v) is 6.05. The van der Waals surface area contributed by atoms with Gasteiger partial charge < -0.3 is 4.55 Å². The minimum Gasteiger partial charge on any atom is -0.302 e. The average Bonchev–Trinajstić information content (AvgIpc) is 2.20. The molecule has 0 heterocycles. The molecule has 0 saturated carbocycles. The van der Waals surface area contributed by atoms with Crippen LogP contribution in [-0.4, -0.2) is 8.76 Å². The molecule has 0 amide bonds. The predicted molar refractivity (Wildman–Crippen MR) is 65.3 cm³/mol. The van der Waals surface area contributed by atoms with E-state index in [0.717, 1.165) is 11.1 Å². The summed E-state index contributed by atoms with van der Waals surface area (Å²) in [7, 11) is 0. The fourth-order valence-corrected chi connectivity index (χ4v) is 1.70. The van der Waals surface area contributed by atoms with E-state index in [-0.39, 0.29) is 0 Å². The van der Waals surface area contributed by atoms with E-state index in [9.17, 15) is 4.21 Å². The van der Waals surface area contributed by atoms with E-state index in [1.54, 1.807) is 12.1 Å². The Morgan fingerprint density at radius 2 is 1.93 bits per heavy atom. The summed E-state index contributed by atoms with van der Waals surface area (Å²) in [6, 6.07) is 7.12. The lowest BCUT2D eigenvalue weighted by Crippen LogP contribution is -1.96. The van der Waals surface area contributed by atoms with Crippen molar-refractivity contribution >= 4 is 11.1 Å². The molecule has 1 aromatic rings. The summed E-state index contributed by atoms with van der Waals surface area (Å²) in [5.41, 5.74) is 1.86. The van der Waals surface area contributed by atoms with Crippen molar-refractivity contribution in [2.75, 3.05) is 0 Å². The summed E-state index contributed by atoms with van der Waals surface area (Å²) >= 11 is -1.90. The Morgan fingerprint density at radius 3 is 2.40 bits per heavy atom. The van der Waals surface area contributed by atoms with Gasteiger partial charge in [0.15, 0.2) is 11.1 Å². The fourth-order valence-electron chi connectivity index (χ4n) is 1.15. The molecule has 0 saturated heterocycles. The molecule has 0 aliphatic heterocycles. The van der Waals surface area contributed by atoms with Gasteiger partial charge in [0.05, 0.1) is 4.90 Å². The lowest BCUT2D eigenvalue weighted by atomic mass is 10.1. The van der Waals surface area contributed by atoms with Gasteiger partial charge in [0, 0.05) is 0 Å². The topological polar surface area (TPSA) is 37.3 Å². The summed E-state index contributed by atoms with van der Waals surface area (Å²) in [5, 5.41) is 0. The highest BCUT2D eigenvalue weighted by molar-refractivity contribution is 7.79. The molecule has 0 aliphatic rings. The molecule has 0 radical (unpaired) electrons. The zero-order valence-electron chi connectivity index (χ0n) is 9.49. The Labute approximate surface area is 94.3 Å². The van der Waals surface area contributed by atoms with Crippen molar-refractivity contribution < 1.29 is 8.76 Å². The van der Waals surface area contributed by atoms with Crippen LogP contribution >= 0.6 is 0 Å². The first kappa shape index (κ1) is 14.1. The number of hydrogen-bond donors (Lipinski definition) is 1. The molecule has 3 heteroatoms. The van der Waals surface area contributed by atoms with E-state index >= 15 is 0 Å². The maximum absolute atomic E-state index is 10.9. The van der Waals surface area contributed by atoms with Gasteiger partial charge in [-0.15, -0.1) is 0 Å². The van der Waals surface area contributed by atoms with Crippen molar-refractivity contribution in [3.05, 3.63) is 42.0 Å². The zero-order chi connectivity index (χ0) is 11.8. The molecule has 0 spiro atoms. The van der Waals surface area contributed by atoms with Crippen molar-refractivity contribution in [2.24, 2.45) is 0 Å². The molecule has 1 aromatic carbocycles. The highest BCUT2D eigenvalue weighted by atomic mass is 32.2. The van der Waals surface area contributed by atoms with Crippen LogP contribution in [0.1, 0.15) is 26.3 Å². The molecule has 0 bridgehead atoms. The number of hydrogen-bond acceptors (Lipinski definition) is 1. The van der Waals surface area contributed by atoms with E-state index < -0.39 is 11.1 Å². The SMILES string of the molecule is C=C(C)Cc1ccccc1S(=O)O.CC. The number of benzene rings is 1. The van der Waals surface area contributed by atoms with Crippen LogP contribution in [0.3, 0.4) is 0 Å². The molecule has 1 unspecified atom stereocenters. The van der Waals surface area contributed by atoms with Crippen LogP contribution in [0.4, 0.5) is 0 Å². The van der Waals surface area contributed by atoms with Crippen molar-refractivity contribution in [3.8, 4) is 0 Å². The van der Waals surface area contributed by atoms with Crippen molar-refractivity contribution in [1.29, 1.82) is 0 Å². The minimum absolute atomic E-state index is 0.477. The van der Waals surface area contributed by atoms with Gasteiger partial charge in [-0.3, -0.25) is 0 Å². The third kappa shape index (κ3) is 4.91. The molecular weight excluding hydrogens is 208 g/mol. The second-order valence-electron chi connectivity index (χ2n) is 2.99. The quantitative estimate of drug-likeness (QED) is 0.633. The van der Waals surface area contributed by atoms with Gasteiger partial charge in [0.2, 0.25) is 0 Å². The lowest BCUT2D eigenvalue weighted by molar-refractivity contribution is 0.563. The molecular formula is C12H18O2S. The van der Waals surface area contributed by atoms with Crippen molar-refractivity contribution in [3.63, 3.8) is 0 Å². The zero-order valence-corrected chi connectivity index (χ0v) is 10.3. The van der Waals surface area contributed by atoms with Gasteiger partial charge in [-0.05, 0) is 25.0 Å². The normalized spacial score (nSPS) is 11.2. The van der Waals surface area contributed by atoms with Gasteiger partial charge in [-0.2, -0.15) is 0 Å². The van der Waals surface area contributed by atoms with Gasteiger partial charge >= 0.3 is 0 Å². The van der Waals surface area contributed by atoms with Crippen molar-refractivity contribution in [1.82, 2.24) is 0 Å². The summed E-state index contributed by atoms with van der Waals surface area (Å²) in [6.45, 7) is 9.67. The maximum Gasteiger partial charge on any atom is 0.186 e. The highest BCUT2D eigenvalue weighted by Gasteiger charge is 2.05. The molecule has 15 heavy (non-hydrogen) atoms. The Morgan fingerprint density at radius 1 is 1.40 bits per heavy atom. The maximum atomic E-state index is 10.9. The predicted octanol–water partition coefficient (Wildman–Crippen LogP) is 3.41. The first-order valence-electron chi connectivity index (χ1n) is 4.94. The van der Waals surface area contributed by atoms with Gasteiger partial charge in [0.1, 0.15) is 0 Å². The summed E-state index contributed by atoms with van der Waals surface area (Å²) in [5.74, 6) is 0. The Bertz CT molecular complexity index is 345. The van der Waals surface area contributed by atoms with Crippen LogP contribution in [-0.2, 0) is 17.5 Å². The van der Waals surface area contributed by atoms with E-state index in [0.29, 0.717) is 11.3 Å². The molecule has 1 atom stereocenters. The van der Waals surface area contributed by atoms with Crippen LogP contribution in [0.15, 0.2) is 41.3 Å². The standard InChI is InChI=1S/C10H12O2S.C2H6/c1-8(2)7-9-5-3-4-6-10(9)13(11)12;1-2/h3-6H,1,7H2,2H3,(H,11,12);1-2H3. The number of allylic oxidation sites excluding steroid dienone is 1. The Balaban J connectivity index is 0.000000921. The Hall–Kier alpha value is -0.930. The second-order valence-corrected chi connectivity index (χ2v) is 3.93. The van der Waals surface area contributed by atoms with Crippen LogP contribution < -0.4 is 0 Å². The summed E-state index contributed by atoms with van der Waals surface area (Å²) < 4.78 is 19.8. The van der Waals surface area contributed by atoms with E-state index in [2.05, 4.69) is 6.58 Å². The monoisotopic (exact) mass is 226 g/mol. The largest absolute Gasteiger partial charge is 0.302 e. The van der Waals surface area contributed by atoms with E-state index in [4.69, 9.17) is 4.55 Å². The Kier molecular flexibility index (Phi) is 6.92. The molecule has 1 rings (SSSR count). The van der Waals surface area contributed by atoms with E-state index in [1.807, 2.05) is 32.9 Å². The van der Waals surface area contributed by atoms with Gasteiger partial charge in [-0.1, -0.05) is 44.2 Å². The number of rotatable bonds is 3. The van der Waals surface area contributed by atoms with Gasteiger partial charge in [-0.25, -0.2) is 4.21 Å². The van der Waals surface area contributed by atoms with E-state index in [1.165, 1.54) is 0 Å². The molecule has 84 valence electrons. The first-order chi connectivity index (χ1) is 7.11. The third-order valence-electron chi connectivity index (χ3n) is 1.65. The fraction of sp³-hybridized carbons (Fsp3) is 0.333. The smallest absolute Gasteiger partial charge is 0.186 e. The van der Waals surface area contributed by atoms with Crippen LogP contribution in [0.25, 0.3) is 0 Å². The lowest BCUT2D eigenvalue weighted by Gasteiger charge is -2.04. The molecule has 0 fully saturated rings. The average molecular weight is 226 g/mol. The minimum atomic E-state index is -1.90. The summed E-state index contributed by atoms with van der Waals surface area (Å²) in [6.07, 6.45) is 0.655.